The summed E-state index contributed by atoms with van der Waals surface area (Å²) in [5.41, 5.74) is -0.699. The predicted octanol–water partition coefficient (Wildman–Crippen LogP) is 2.69. The first-order chi connectivity index (χ1) is 12.4. The van der Waals surface area contributed by atoms with Crippen LogP contribution in [0.1, 0.15) is 33.6 Å². The van der Waals surface area contributed by atoms with Crippen LogP contribution in [0.25, 0.3) is 0 Å². The number of hydrogen-bond acceptors (Lipinski definition) is 5. The number of hydrogen-bond donors (Lipinski definition) is 1. The highest BCUT2D eigenvalue weighted by Gasteiger charge is 2.35. The second kappa shape index (κ2) is 9.69. The van der Waals surface area contributed by atoms with Crippen LogP contribution in [0, 0.1) is 12.3 Å². The molecular weight excluding hydrogens is 369 g/mol. The topological polar surface area (TPSA) is 77.1 Å². The molecule has 7 nitrogen and oxygen atoms in total. The number of rotatable bonds is 5. The Labute approximate surface area is 156 Å². The van der Waals surface area contributed by atoms with Crippen molar-refractivity contribution in [3.8, 4) is 12.3 Å². The number of morpholine rings is 1. The second-order valence-corrected chi connectivity index (χ2v) is 7.04. The number of alkyl carbamates (subject to hydrolysis) is 1. The lowest BCUT2D eigenvalue weighted by atomic mass is 10.1. The third kappa shape index (κ3) is 9.38. The molecule has 2 unspecified atom stereocenters. The van der Waals surface area contributed by atoms with Gasteiger partial charge in [0.15, 0.2) is 0 Å². The molecule has 1 aliphatic heterocycles. The molecule has 0 bridgehead atoms. The number of amides is 2. The Hall–Kier alpha value is -2.15. The zero-order valence-electron chi connectivity index (χ0n) is 15.6. The van der Waals surface area contributed by atoms with Gasteiger partial charge in [-0.05, 0) is 20.8 Å². The van der Waals surface area contributed by atoms with Crippen LogP contribution in [-0.4, -0.2) is 67.3 Å². The zero-order valence-corrected chi connectivity index (χ0v) is 15.6. The van der Waals surface area contributed by atoms with Crippen LogP contribution >= 0.6 is 0 Å². The Balaban J connectivity index is 2.58. The molecule has 1 fully saturated rings. The Morgan fingerprint density at radius 1 is 1.33 bits per heavy atom. The van der Waals surface area contributed by atoms with E-state index < -0.39 is 36.6 Å². The number of nitrogens with one attached hydrogen (secondary N) is 1. The van der Waals surface area contributed by atoms with E-state index in [9.17, 15) is 22.8 Å². The SMILES string of the molecule is C#CCC1CN(C(=O)OC(C)(C)C)C(CCOC(=O)NCC(F)(F)F)CO1. The van der Waals surface area contributed by atoms with Crippen LogP contribution in [0.4, 0.5) is 22.8 Å². The van der Waals surface area contributed by atoms with E-state index in [0.29, 0.717) is 6.42 Å². The van der Waals surface area contributed by atoms with E-state index in [0.717, 1.165) is 0 Å². The van der Waals surface area contributed by atoms with Crippen molar-refractivity contribution < 1.29 is 37.0 Å². The van der Waals surface area contributed by atoms with Crippen molar-refractivity contribution in [2.75, 3.05) is 26.3 Å². The van der Waals surface area contributed by atoms with Crippen LogP contribution in [0.2, 0.25) is 0 Å². The predicted molar refractivity (Wildman–Crippen MR) is 89.9 cm³/mol. The summed E-state index contributed by atoms with van der Waals surface area (Å²) in [4.78, 5) is 25.2. The van der Waals surface area contributed by atoms with Crippen molar-refractivity contribution in [2.45, 2.75) is 57.5 Å². The first-order valence-corrected chi connectivity index (χ1v) is 8.43. The van der Waals surface area contributed by atoms with E-state index in [1.165, 1.54) is 4.90 Å². The Morgan fingerprint density at radius 2 is 2.00 bits per heavy atom. The molecule has 1 N–H and O–H groups in total. The van der Waals surface area contributed by atoms with Gasteiger partial charge in [-0.3, -0.25) is 0 Å². The van der Waals surface area contributed by atoms with Crippen molar-refractivity contribution in [1.82, 2.24) is 10.2 Å². The number of ether oxygens (including phenoxy) is 3. The lowest BCUT2D eigenvalue weighted by Gasteiger charge is -2.39. The van der Waals surface area contributed by atoms with Crippen molar-refractivity contribution in [3.05, 3.63) is 0 Å². The molecule has 0 aromatic rings. The normalized spacial score (nSPS) is 20.6. The van der Waals surface area contributed by atoms with Gasteiger partial charge in [0.05, 0.1) is 31.9 Å². The molecule has 1 aliphatic rings. The van der Waals surface area contributed by atoms with Gasteiger partial charge in [-0.2, -0.15) is 13.2 Å². The fraction of sp³-hybridized carbons (Fsp3) is 0.765. The minimum Gasteiger partial charge on any atom is -0.449 e. The standard InChI is InChI=1S/C17H25F3N2O5/c1-5-6-13-9-22(15(24)27-16(2,3)4)12(10-26-13)7-8-25-14(23)21-11-17(18,19)20/h1,12-13H,6-11H2,2-4H3,(H,21,23). The van der Waals surface area contributed by atoms with Gasteiger partial charge in [-0.1, -0.05) is 0 Å². The lowest BCUT2D eigenvalue weighted by molar-refractivity contribution is -0.123. The third-order valence-corrected chi connectivity index (χ3v) is 3.46. The molecule has 2 atom stereocenters. The molecule has 2 amide bonds. The summed E-state index contributed by atoms with van der Waals surface area (Å²) < 4.78 is 51.8. The molecule has 1 saturated heterocycles. The highest BCUT2D eigenvalue weighted by atomic mass is 19.4. The van der Waals surface area contributed by atoms with Gasteiger partial charge in [0.25, 0.3) is 0 Å². The van der Waals surface area contributed by atoms with Crippen LogP contribution < -0.4 is 5.32 Å². The number of carbonyl (C=O) groups excluding carboxylic acids is 2. The summed E-state index contributed by atoms with van der Waals surface area (Å²) in [6.07, 6.45) is -0.810. The number of alkyl halides is 3. The van der Waals surface area contributed by atoms with E-state index in [1.807, 2.05) is 0 Å². The van der Waals surface area contributed by atoms with E-state index in [-0.39, 0.29) is 32.3 Å². The average Bonchev–Trinajstić information content (AvgIpc) is 2.52. The van der Waals surface area contributed by atoms with Gasteiger partial charge in [-0.15, -0.1) is 12.3 Å². The van der Waals surface area contributed by atoms with Gasteiger partial charge in [0.1, 0.15) is 12.1 Å². The van der Waals surface area contributed by atoms with Gasteiger partial charge >= 0.3 is 18.4 Å². The number of carbonyl (C=O) groups is 2. The van der Waals surface area contributed by atoms with Crippen molar-refractivity contribution in [1.29, 1.82) is 0 Å². The zero-order chi connectivity index (χ0) is 20.7. The molecule has 0 aromatic carbocycles. The minimum atomic E-state index is -4.52. The maximum absolute atomic E-state index is 12.4. The smallest absolute Gasteiger partial charge is 0.410 e. The van der Waals surface area contributed by atoms with E-state index in [1.54, 1.807) is 26.1 Å². The molecule has 10 heteroatoms. The molecule has 0 radical (unpaired) electrons. The minimum absolute atomic E-state index is 0.152. The first kappa shape index (κ1) is 22.9. The fourth-order valence-electron chi connectivity index (χ4n) is 2.31. The molecule has 1 rings (SSSR count). The molecule has 0 spiro atoms. The van der Waals surface area contributed by atoms with E-state index in [4.69, 9.17) is 20.6 Å². The number of halogens is 3. The largest absolute Gasteiger partial charge is 0.449 e. The molecular formula is C17H25F3N2O5. The summed E-state index contributed by atoms with van der Waals surface area (Å²) >= 11 is 0. The van der Waals surface area contributed by atoms with Crippen LogP contribution in [0.15, 0.2) is 0 Å². The second-order valence-electron chi connectivity index (χ2n) is 7.04. The fourth-order valence-corrected chi connectivity index (χ4v) is 2.31. The maximum atomic E-state index is 12.4. The quantitative estimate of drug-likeness (QED) is 0.726. The number of terminal acetylenes is 1. The van der Waals surface area contributed by atoms with Gasteiger partial charge < -0.3 is 24.4 Å². The summed E-state index contributed by atoms with van der Waals surface area (Å²) in [7, 11) is 0. The Morgan fingerprint density at radius 3 is 2.56 bits per heavy atom. The average molecular weight is 394 g/mol. The van der Waals surface area contributed by atoms with Crippen LogP contribution in [0.3, 0.4) is 0 Å². The highest BCUT2D eigenvalue weighted by molar-refractivity contribution is 5.69. The van der Waals surface area contributed by atoms with Crippen molar-refractivity contribution in [3.63, 3.8) is 0 Å². The van der Waals surface area contributed by atoms with Crippen LogP contribution in [0.5, 0.6) is 0 Å². The molecule has 27 heavy (non-hydrogen) atoms. The molecule has 1 heterocycles. The highest BCUT2D eigenvalue weighted by Crippen LogP contribution is 2.20. The van der Waals surface area contributed by atoms with Crippen LogP contribution in [-0.2, 0) is 14.2 Å². The Bertz CT molecular complexity index is 554. The summed E-state index contributed by atoms with van der Waals surface area (Å²) in [6, 6.07) is -0.454. The molecule has 154 valence electrons. The lowest BCUT2D eigenvalue weighted by Crippen LogP contribution is -2.53. The number of nitrogens with zero attached hydrogens (tertiary/aromatic N) is 1. The molecule has 0 aromatic heterocycles. The first-order valence-electron chi connectivity index (χ1n) is 8.43. The van der Waals surface area contributed by atoms with Gasteiger partial charge in [-0.25, -0.2) is 9.59 Å². The summed E-state index contributed by atoms with van der Waals surface area (Å²) in [5.74, 6) is 2.47. The van der Waals surface area contributed by atoms with Crippen molar-refractivity contribution in [2.24, 2.45) is 0 Å². The summed E-state index contributed by atoms with van der Waals surface area (Å²) in [6.45, 7) is 3.89. The van der Waals surface area contributed by atoms with E-state index >= 15 is 0 Å². The molecule has 0 aliphatic carbocycles. The monoisotopic (exact) mass is 394 g/mol. The third-order valence-electron chi connectivity index (χ3n) is 3.46. The Kier molecular flexibility index (Phi) is 8.21. The van der Waals surface area contributed by atoms with E-state index in [2.05, 4.69) is 5.92 Å². The van der Waals surface area contributed by atoms with Gasteiger partial charge in [0.2, 0.25) is 0 Å². The van der Waals surface area contributed by atoms with Gasteiger partial charge in [0, 0.05) is 12.8 Å². The summed E-state index contributed by atoms with van der Waals surface area (Å²) in [5, 5.41) is 1.60. The van der Waals surface area contributed by atoms with Crippen molar-refractivity contribution >= 4 is 12.2 Å². The maximum Gasteiger partial charge on any atom is 0.410 e. The molecule has 0 saturated carbocycles.